The first-order valence-electron chi connectivity index (χ1n) is 6.58. The van der Waals surface area contributed by atoms with E-state index in [1.807, 2.05) is 11.8 Å². The van der Waals surface area contributed by atoms with Crippen molar-refractivity contribution in [2.45, 2.75) is 25.9 Å². The zero-order valence-electron chi connectivity index (χ0n) is 11.4. The van der Waals surface area contributed by atoms with Gasteiger partial charge in [-0.2, -0.15) is 13.2 Å². The molecule has 0 bridgehead atoms. The Labute approximate surface area is 115 Å². The number of ether oxygens (including phenoxy) is 1. The zero-order valence-corrected chi connectivity index (χ0v) is 11.4. The summed E-state index contributed by atoms with van der Waals surface area (Å²) in [5.74, 6) is -2.05. The smallest absolute Gasteiger partial charge is 0.464 e. The Hall–Kier alpha value is -1.31. The van der Waals surface area contributed by atoms with Crippen LogP contribution in [0.5, 0.6) is 0 Å². The molecule has 0 saturated carbocycles. The lowest BCUT2D eigenvalue weighted by atomic mass is 10.3. The summed E-state index contributed by atoms with van der Waals surface area (Å²) in [6.07, 6.45) is -3.72. The van der Waals surface area contributed by atoms with E-state index in [9.17, 15) is 22.8 Å². The monoisotopic (exact) mass is 296 g/mol. The van der Waals surface area contributed by atoms with Gasteiger partial charge in [-0.1, -0.05) is 6.92 Å². The lowest BCUT2D eigenvalue weighted by molar-refractivity contribution is -0.187. The van der Waals surface area contributed by atoms with Crippen LogP contribution in [0.2, 0.25) is 0 Å². The van der Waals surface area contributed by atoms with Crippen LogP contribution in [0.4, 0.5) is 13.2 Å². The van der Waals surface area contributed by atoms with Crippen molar-refractivity contribution in [3.05, 3.63) is 0 Å². The van der Waals surface area contributed by atoms with Gasteiger partial charge in [0.2, 0.25) is 0 Å². The van der Waals surface area contributed by atoms with E-state index >= 15 is 0 Å². The topological polar surface area (TPSA) is 49.9 Å². The highest BCUT2D eigenvalue weighted by atomic mass is 19.4. The van der Waals surface area contributed by atoms with Gasteiger partial charge in [0, 0.05) is 39.1 Å². The van der Waals surface area contributed by atoms with Gasteiger partial charge in [-0.3, -0.25) is 14.5 Å². The molecule has 0 aromatic rings. The Morgan fingerprint density at radius 3 is 2.25 bits per heavy atom. The van der Waals surface area contributed by atoms with E-state index in [0.717, 1.165) is 11.3 Å². The van der Waals surface area contributed by atoms with Crippen LogP contribution in [0.3, 0.4) is 0 Å². The number of hydrogen-bond acceptors (Lipinski definition) is 4. The van der Waals surface area contributed by atoms with Crippen LogP contribution >= 0.6 is 0 Å². The molecule has 116 valence electrons. The van der Waals surface area contributed by atoms with Crippen LogP contribution in [-0.4, -0.2) is 67.2 Å². The highest BCUT2D eigenvalue weighted by molar-refractivity contribution is 5.81. The number of piperazine rings is 1. The Morgan fingerprint density at radius 1 is 1.15 bits per heavy atom. The number of carbonyl (C=O) groups is 2. The Balaban J connectivity index is 2.23. The summed E-state index contributed by atoms with van der Waals surface area (Å²) in [5, 5.41) is 0. The first-order chi connectivity index (χ1) is 9.34. The molecule has 1 aliphatic rings. The number of esters is 1. The van der Waals surface area contributed by atoms with Crippen LogP contribution in [-0.2, 0) is 14.3 Å². The standard InChI is InChI=1S/C12H19F3N2O3/c1-2-3-10(18)20-9-8-16-4-6-17(7-5-16)11(19)12(13,14)15/h2-9H2,1H3. The lowest BCUT2D eigenvalue weighted by Gasteiger charge is -2.34. The summed E-state index contributed by atoms with van der Waals surface area (Å²) in [5.41, 5.74) is 0. The maximum Gasteiger partial charge on any atom is 0.471 e. The van der Waals surface area contributed by atoms with E-state index in [2.05, 4.69) is 0 Å². The highest BCUT2D eigenvalue weighted by Gasteiger charge is 2.43. The van der Waals surface area contributed by atoms with Crippen molar-refractivity contribution in [1.82, 2.24) is 9.80 Å². The number of halogens is 3. The summed E-state index contributed by atoms with van der Waals surface area (Å²) >= 11 is 0. The maximum absolute atomic E-state index is 12.2. The quantitative estimate of drug-likeness (QED) is 0.711. The first-order valence-corrected chi connectivity index (χ1v) is 6.58. The molecule has 0 atom stereocenters. The Kier molecular flexibility index (Phi) is 6.25. The van der Waals surface area contributed by atoms with Crippen molar-refractivity contribution >= 4 is 11.9 Å². The first kappa shape index (κ1) is 16.7. The minimum atomic E-state index is -4.81. The van der Waals surface area contributed by atoms with Gasteiger partial charge in [0.15, 0.2) is 0 Å². The third kappa shape index (κ3) is 5.36. The second kappa shape index (κ2) is 7.47. The zero-order chi connectivity index (χ0) is 15.2. The number of alkyl halides is 3. The molecule has 1 heterocycles. The summed E-state index contributed by atoms with van der Waals surface area (Å²) in [6.45, 7) is 3.37. The van der Waals surface area contributed by atoms with Crippen molar-refractivity contribution in [1.29, 1.82) is 0 Å². The Morgan fingerprint density at radius 2 is 1.75 bits per heavy atom. The summed E-state index contributed by atoms with van der Waals surface area (Å²) in [7, 11) is 0. The molecule has 1 aliphatic heterocycles. The normalized spacial score (nSPS) is 17.1. The predicted molar refractivity (Wildman–Crippen MR) is 64.9 cm³/mol. The summed E-state index contributed by atoms with van der Waals surface area (Å²) in [4.78, 5) is 24.8. The van der Waals surface area contributed by atoms with Crippen LogP contribution in [0.25, 0.3) is 0 Å². The molecular formula is C12H19F3N2O3. The molecule has 1 fully saturated rings. The molecule has 1 rings (SSSR count). The fourth-order valence-electron chi connectivity index (χ4n) is 1.92. The number of nitrogens with zero attached hydrogens (tertiary/aromatic N) is 2. The van der Waals surface area contributed by atoms with Crippen LogP contribution < -0.4 is 0 Å². The second-order valence-electron chi connectivity index (χ2n) is 4.60. The highest BCUT2D eigenvalue weighted by Crippen LogP contribution is 2.19. The lowest BCUT2D eigenvalue weighted by Crippen LogP contribution is -2.52. The minimum absolute atomic E-state index is 0.0429. The summed E-state index contributed by atoms with van der Waals surface area (Å²) in [6, 6.07) is 0. The van der Waals surface area contributed by atoms with Crippen molar-refractivity contribution in [3.63, 3.8) is 0 Å². The molecule has 1 amide bonds. The number of amides is 1. The molecule has 0 N–H and O–H groups in total. The molecule has 0 spiro atoms. The minimum Gasteiger partial charge on any atom is -0.464 e. The van der Waals surface area contributed by atoms with Gasteiger partial charge < -0.3 is 9.64 Å². The largest absolute Gasteiger partial charge is 0.471 e. The molecule has 5 nitrogen and oxygen atoms in total. The molecule has 0 aromatic heterocycles. The molecule has 0 aliphatic carbocycles. The van der Waals surface area contributed by atoms with Gasteiger partial charge in [-0.25, -0.2) is 0 Å². The fourth-order valence-corrected chi connectivity index (χ4v) is 1.92. The van der Waals surface area contributed by atoms with E-state index in [1.165, 1.54) is 0 Å². The average Bonchev–Trinajstić information content (AvgIpc) is 2.38. The van der Waals surface area contributed by atoms with Crippen molar-refractivity contribution in [2.75, 3.05) is 39.3 Å². The summed E-state index contributed by atoms with van der Waals surface area (Å²) < 4.78 is 41.7. The number of carbonyl (C=O) groups excluding carboxylic acids is 2. The Bertz CT molecular complexity index is 339. The van der Waals surface area contributed by atoms with Crippen LogP contribution in [0.1, 0.15) is 19.8 Å². The molecule has 0 unspecified atom stereocenters. The van der Waals surface area contributed by atoms with Crippen molar-refractivity contribution < 1.29 is 27.5 Å². The third-order valence-corrected chi connectivity index (χ3v) is 3.03. The van der Waals surface area contributed by atoms with E-state index in [-0.39, 0.29) is 25.7 Å². The molecule has 20 heavy (non-hydrogen) atoms. The predicted octanol–water partition coefficient (Wildman–Crippen LogP) is 1.04. The van der Waals surface area contributed by atoms with Crippen molar-refractivity contribution in [2.24, 2.45) is 0 Å². The van der Waals surface area contributed by atoms with Gasteiger partial charge >= 0.3 is 18.1 Å². The van der Waals surface area contributed by atoms with Crippen LogP contribution in [0, 0.1) is 0 Å². The van der Waals surface area contributed by atoms with Gasteiger partial charge in [-0.15, -0.1) is 0 Å². The molecule has 1 saturated heterocycles. The van der Waals surface area contributed by atoms with Gasteiger partial charge in [0.05, 0.1) is 0 Å². The third-order valence-electron chi connectivity index (χ3n) is 3.03. The molecule has 0 aromatic carbocycles. The second-order valence-corrected chi connectivity index (χ2v) is 4.60. The maximum atomic E-state index is 12.2. The van der Waals surface area contributed by atoms with E-state index in [4.69, 9.17) is 4.74 Å². The van der Waals surface area contributed by atoms with E-state index in [1.54, 1.807) is 0 Å². The molecular weight excluding hydrogens is 277 g/mol. The number of hydrogen-bond donors (Lipinski definition) is 0. The average molecular weight is 296 g/mol. The SMILES string of the molecule is CCCC(=O)OCCN1CCN(C(=O)C(F)(F)F)CC1. The van der Waals surface area contributed by atoms with Gasteiger partial charge in [-0.05, 0) is 6.42 Å². The molecule has 0 radical (unpaired) electrons. The fraction of sp³-hybridized carbons (Fsp3) is 0.833. The van der Waals surface area contributed by atoms with Gasteiger partial charge in [0.1, 0.15) is 6.61 Å². The van der Waals surface area contributed by atoms with E-state index in [0.29, 0.717) is 26.1 Å². The van der Waals surface area contributed by atoms with E-state index < -0.39 is 12.1 Å². The van der Waals surface area contributed by atoms with Gasteiger partial charge in [0.25, 0.3) is 0 Å². The van der Waals surface area contributed by atoms with Crippen molar-refractivity contribution in [3.8, 4) is 0 Å². The van der Waals surface area contributed by atoms with Crippen LogP contribution in [0.15, 0.2) is 0 Å². The molecule has 8 heteroatoms. The number of rotatable bonds is 5.